The second kappa shape index (κ2) is 8.61. The van der Waals surface area contributed by atoms with Crippen molar-refractivity contribution in [1.82, 2.24) is 0 Å². The summed E-state index contributed by atoms with van der Waals surface area (Å²) in [5, 5.41) is 5.30. The Hall–Kier alpha value is -2.60. The van der Waals surface area contributed by atoms with Crippen molar-refractivity contribution in [3.05, 3.63) is 83.9 Å². The summed E-state index contributed by atoms with van der Waals surface area (Å²) in [5.74, 6) is 0. The number of aryl methyl sites for hydroxylation is 2. The molecule has 142 valence electrons. The molecule has 0 saturated carbocycles. The van der Waals surface area contributed by atoms with Crippen molar-refractivity contribution in [3.63, 3.8) is 0 Å². The third kappa shape index (κ3) is 4.12. The molecular formula is C28H30. The van der Waals surface area contributed by atoms with E-state index in [1.54, 1.807) is 0 Å². The van der Waals surface area contributed by atoms with Crippen LogP contribution in [0.1, 0.15) is 50.7 Å². The Morgan fingerprint density at radius 1 is 0.500 bits per heavy atom. The van der Waals surface area contributed by atoms with Crippen LogP contribution >= 0.6 is 0 Å². The van der Waals surface area contributed by atoms with Crippen molar-refractivity contribution in [3.8, 4) is 11.1 Å². The third-order valence-electron chi connectivity index (χ3n) is 5.87. The highest BCUT2D eigenvalue weighted by Crippen LogP contribution is 2.29. The molecule has 0 aliphatic rings. The Kier molecular flexibility index (Phi) is 5.76. The van der Waals surface area contributed by atoms with Crippen LogP contribution in [0.25, 0.3) is 32.7 Å². The monoisotopic (exact) mass is 366 g/mol. The van der Waals surface area contributed by atoms with E-state index in [2.05, 4.69) is 86.6 Å². The molecule has 0 bridgehead atoms. The van der Waals surface area contributed by atoms with E-state index in [1.165, 1.54) is 75.9 Å². The van der Waals surface area contributed by atoms with E-state index in [9.17, 15) is 0 Å². The molecule has 0 amide bonds. The summed E-state index contributed by atoms with van der Waals surface area (Å²) in [7, 11) is 0. The zero-order valence-electron chi connectivity index (χ0n) is 17.2. The molecule has 0 radical (unpaired) electrons. The van der Waals surface area contributed by atoms with Gasteiger partial charge >= 0.3 is 0 Å². The van der Waals surface area contributed by atoms with Gasteiger partial charge in [-0.05, 0) is 81.3 Å². The first-order chi connectivity index (χ1) is 13.8. The second-order valence-corrected chi connectivity index (χ2v) is 7.96. The van der Waals surface area contributed by atoms with Gasteiger partial charge in [0.2, 0.25) is 0 Å². The van der Waals surface area contributed by atoms with Gasteiger partial charge in [0.05, 0.1) is 0 Å². The standard InChI is InChI=1S/C28H30/c1-3-5-6-7-8-22-10-12-23(13-11-22)24-15-16-26-19-27-17-21(4-2)9-14-25(27)20-28(26)18-24/h9-20H,3-8H2,1-2H3. The first-order valence-corrected chi connectivity index (χ1v) is 10.8. The Morgan fingerprint density at radius 2 is 1.14 bits per heavy atom. The van der Waals surface area contributed by atoms with E-state index >= 15 is 0 Å². The fourth-order valence-electron chi connectivity index (χ4n) is 4.07. The van der Waals surface area contributed by atoms with Crippen LogP contribution in [0, 0.1) is 0 Å². The second-order valence-electron chi connectivity index (χ2n) is 7.96. The highest BCUT2D eigenvalue weighted by Gasteiger charge is 2.03. The molecule has 0 saturated heterocycles. The summed E-state index contributed by atoms with van der Waals surface area (Å²) in [5.41, 5.74) is 5.46. The molecule has 0 N–H and O–H groups in total. The average molecular weight is 367 g/mol. The molecule has 4 aromatic rings. The minimum absolute atomic E-state index is 1.08. The number of rotatable bonds is 7. The number of fused-ring (bicyclic) bond motifs is 2. The SMILES string of the molecule is CCCCCCc1ccc(-c2ccc3cc4cc(CC)ccc4cc3c2)cc1. The van der Waals surface area contributed by atoms with Crippen LogP contribution in [0.5, 0.6) is 0 Å². The summed E-state index contributed by atoms with van der Waals surface area (Å²) >= 11 is 0. The highest BCUT2D eigenvalue weighted by atomic mass is 14.1. The van der Waals surface area contributed by atoms with Crippen LogP contribution in [-0.4, -0.2) is 0 Å². The Balaban J connectivity index is 1.59. The lowest BCUT2D eigenvalue weighted by molar-refractivity contribution is 0.667. The maximum Gasteiger partial charge on any atom is -0.0171 e. The molecule has 0 unspecified atom stereocenters. The summed E-state index contributed by atoms with van der Waals surface area (Å²) in [6.45, 7) is 4.48. The number of hydrogen-bond donors (Lipinski definition) is 0. The van der Waals surface area contributed by atoms with Crippen LogP contribution in [0.3, 0.4) is 0 Å². The minimum Gasteiger partial charge on any atom is -0.0654 e. The van der Waals surface area contributed by atoms with Crippen molar-refractivity contribution in [2.45, 2.75) is 52.4 Å². The first kappa shape index (κ1) is 18.7. The topological polar surface area (TPSA) is 0 Å². The fourth-order valence-corrected chi connectivity index (χ4v) is 4.07. The molecule has 0 aliphatic carbocycles. The van der Waals surface area contributed by atoms with Crippen LogP contribution in [-0.2, 0) is 12.8 Å². The average Bonchev–Trinajstić information content (AvgIpc) is 2.75. The van der Waals surface area contributed by atoms with E-state index in [0.717, 1.165) is 6.42 Å². The van der Waals surface area contributed by atoms with E-state index in [4.69, 9.17) is 0 Å². The van der Waals surface area contributed by atoms with E-state index in [-0.39, 0.29) is 0 Å². The fraction of sp³-hybridized carbons (Fsp3) is 0.286. The van der Waals surface area contributed by atoms with Crippen LogP contribution in [0.15, 0.2) is 72.8 Å². The summed E-state index contributed by atoms with van der Waals surface area (Å²) in [6, 6.07) is 27.5. The molecule has 0 aliphatic heterocycles. The molecule has 0 nitrogen and oxygen atoms in total. The van der Waals surface area contributed by atoms with Crippen molar-refractivity contribution >= 4 is 21.5 Å². The van der Waals surface area contributed by atoms with Gasteiger partial charge in [-0.15, -0.1) is 0 Å². The molecule has 0 atom stereocenters. The molecular weight excluding hydrogens is 336 g/mol. The molecule has 0 heterocycles. The predicted octanol–water partition coefficient (Wildman–Crippen LogP) is 8.35. The van der Waals surface area contributed by atoms with Crippen LogP contribution in [0.2, 0.25) is 0 Å². The lowest BCUT2D eigenvalue weighted by Gasteiger charge is -2.08. The van der Waals surface area contributed by atoms with Crippen molar-refractivity contribution in [2.24, 2.45) is 0 Å². The molecule has 4 aromatic carbocycles. The lowest BCUT2D eigenvalue weighted by atomic mass is 9.96. The molecule has 4 rings (SSSR count). The molecule has 0 heteroatoms. The summed E-state index contributed by atoms with van der Waals surface area (Å²) < 4.78 is 0. The van der Waals surface area contributed by atoms with Crippen molar-refractivity contribution < 1.29 is 0 Å². The maximum atomic E-state index is 2.33. The quantitative estimate of drug-likeness (QED) is 0.228. The number of hydrogen-bond acceptors (Lipinski definition) is 0. The van der Waals surface area contributed by atoms with Crippen molar-refractivity contribution in [1.29, 1.82) is 0 Å². The Bertz CT molecular complexity index is 1070. The van der Waals surface area contributed by atoms with Crippen molar-refractivity contribution in [2.75, 3.05) is 0 Å². The Morgan fingerprint density at radius 3 is 1.86 bits per heavy atom. The molecule has 0 aromatic heterocycles. The molecule has 28 heavy (non-hydrogen) atoms. The Labute approximate surface area is 169 Å². The van der Waals surface area contributed by atoms with Gasteiger partial charge in [0.1, 0.15) is 0 Å². The van der Waals surface area contributed by atoms with Crippen LogP contribution in [0.4, 0.5) is 0 Å². The smallest absolute Gasteiger partial charge is 0.0171 e. The van der Waals surface area contributed by atoms with Gasteiger partial charge in [0.15, 0.2) is 0 Å². The van der Waals surface area contributed by atoms with Gasteiger partial charge in [-0.3, -0.25) is 0 Å². The maximum absolute atomic E-state index is 2.33. The highest BCUT2D eigenvalue weighted by molar-refractivity contribution is 5.99. The van der Waals surface area contributed by atoms with E-state index in [1.807, 2.05) is 0 Å². The van der Waals surface area contributed by atoms with Gasteiger partial charge < -0.3 is 0 Å². The van der Waals surface area contributed by atoms with Gasteiger partial charge in [-0.1, -0.05) is 87.7 Å². The van der Waals surface area contributed by atoms with Crippen LogP contribution < -0.4 is 0 Å². The number of benzene rings is 4. The summed E-state index contributed by atoms with van der Waals surface area (Å²) in [6.07, 6.45) is 7.58. The van der Waals surface area contributed by atoms with Gasteiger partial charge in [0, 0.05) is 0 Å². The molecule has 0 spiro atoms. The van der Waals surface area contributed by atoms with E-state index in [0.29, 0.717) is 0 Å². The summed E-state index contributed by atoms with van der Waals surface area (Å²) in [4.78, 5) is 0. The van der Waals surface area contributed by atoms with Gasteiger partial charge in [-0.2, -0.15) is 0 Å². The molecule has 0 fully saturated rings. The zero-order valence-corrected chi connectivity index (χ0v) is 17.2. The lowest BCUT2D eigenvalue weighted by Crippen LogP contribution is -1.87. The number of unbranched alkanes of at least 4 members (excludes halogenated alkanes) is 3. The predicted molar refractivity (Wildman–Crippen MR) is 124 cm³/mol. The minimum atomic E-state index is 1.08. The third-order valence-corrected chi connectivity index (χ3v) is 5.87. The van der Waals surface area contributed by atoms with Gasteiger partial charge in [-0.25, -0.2) is 0 Å². The largest absolute Gasteiger partial charge is 0.0654 e. The van der Waals surface area contributed by atoms with Gasteiger partial charge in [0.25, 0.3) is 0 Å². The first-order valence-electron chi connectivity index (χ1n) is 10.8. The normalized spacial score (nSPS) is 11.4. The van der Waals surface area contributed by atoms with E-state index < -0.39 is 0 Å². The zero-order chi connectivity index (χ0) is 19.3.